The molecule has 0 bridgehead atoms. The van der Waals surface area contributed by atoms with Crippen molar-refractivity contribution in [2.75, 3.05) is 25.2 Å². The van der Waals surface area contributed by atoms with Gasteiger partial charge in [0.05, 0.1) is 18.9 Å². The Labute approximate surface area is 108 Å². The summed E-state index contributed by atoms with van der Waals surface area (Å²) in [5, 5.41) is 8.59. The van der Waals surface area contributed by atoms with Gasteiger partial charge in [0, 0.05) is 6.54 Å². The predicted octanol–water partition coefficient (Wildman–Crippen LogP) is 1.64. The average molecular weight is 248 g/mol. The highest BCUT2D eigenvalue weighted by molar-refractivity contribution is 5.50. The van der Waals surface area contributed by atoms with Crippen molar-refractivity contribution in [2.24, 2.45) is 5.73 Å². The van der Waals surface area contributed by atoms with Crippen LogP contribution < -0.4 is 11.2 Å². The Morgan fingerprint density at radius 3 is 2.78 bits per heavy atom. The van der Waals surface area contributed by atoms with Crippen LogP contribution >= 0.6 is 0 Å². The highest BCUT2D eigenvalue weighted by Gasteiger charge is 1.98. The lowest BCUT2D eigenvalue weighted by molar-refractivity contribution is 0.202. The summed E-state index contributed by atoms with van der Waals surface area (Å²) in [6, 6.07) is 7.94. The van der Waals surface area contributed by atoms with Crippen LogP contribution in [0.2, 0.25) is 0 Å². The molecule has 0 aliphatic heterocycles. The van der Waals surface area contributed by atoms with E-state index in [1.807, 2.05) is 42.5 Å². The van der Waals surface area contributed by atoms with E-state index in [9.17, 15) is 0 Å². The lowest BCUT2D eigenvalue weighted by Crippen LogP contribution is -2.12. The van der Waals surface area contributed by atoms with Crippen molar-refractivity contribution in [3.05, 3.63) is 54.1 Å². The van der Waals surface area contributed by atoms with E-state index < -0.39 is 0 Å². The minimum atomic E-state index is 0.0649. The van der Waals surface area contributed by atoms with E-state index >= 15 is 0 Å². The second-order valence-electron chi connectivity index (χ2n) is 3.64. The molecule has 0 radical (unpaired) electrons. The van der Waals surface area contributed by atoms with E-state index in [4.69, 9.17) is 15.7 Å². The number of allylic oxidation sites excluding steroid dienone is 3. The molecule has 1 aromatic rings. The first-order valence-electron chi connectivity index (χ1n) is 5.96. The molecule has 0 aliphatic rings. The summed E-state index contributed by atoms with van der Waals surface area (Å²) >= 11 is 0. The van der Waals surface area contributed by atoms with Gasteiger partial charge in [0.15, 0.2) is 0 Å². The average Bonchev–Trinajstić information content (AvgIpc) is 2.40. The number of benzene rings is 1. The van der Waals surface area contributed by atoms with Crippen LogP contribution in [0.1, 0.15) is 5.56 Å². The zero-order valence-electron chi connectivity index (χ0n) is 10.4. The van der Waals surface area contributed by atoms with E-state index in [0.29, 0.717) is 13.2 Å². The van der Waals surface area contributed by atoms with Crippen LogP contribution in [0.4, 0.5) is 5.69 Å². The number of para-hydroxylation sites is 1. The molecule has 4 heteroatoms. The fourth-order valence-electron chi connectivity index (χ4n) is 1.40. The SMILES string of the molecule is NCCONc1ccccc1C/C=C\C=C/CO. The summed E-state index contributed by atoms with van der Waals surface area (Å²) in [6.45, 7) is 1.03. The maximum Gasteiger partial charge on any atom is 0.0868 e. The Kier molecular flexibility index (Phi) is 7.55. The topological polar surface area (TPSA) is 67.5 Å². The molecule has 0 atom stereocenters. The van der Waals surface area contributed by atoms with Crippen molar-refractivity contribution >= 4 is 5.69 Å². The largest absolute Gasteiger partial charge is 0.392 e. The van der Waals surface area contributed by atoms with Crippen LogP contribution in [-0.2, 0) is 11.3 Å². The van der Waals surface area contributed by atoms with Crippen LogP contribution in [0.3, 0.4) is 0 Å². The fraction of sp³-hybridized carbons (Fsp3) is 0.286. The Bertz CT molecular complexity index is 389. The summed E-state index contributed by atoms with van der Waals surface area (Å²) in [5.74, 6) is 0. The summed E-state index contributed by atoms with van der Waals surface area (Å²) in [7, 11) is 0. The molecule has 0 aromatic heterocycles. The molecule has 1 aromatic carbocycles. The molecule has 18 heavy (non-hydrogen) atoms. The van der Waals surface area contributed by atoms with Gasteiger partial charge in [0.2, 0.25) is 0 Å². The van der Waals surface area contributed by atoms with Gasteiger partial charge in [0.1, 0.15) is 0 Å². The van der Waals surface area contributed by atoms with Crippen LogP contribution in [0, 0.1) is 0 Å². The lowest BCUT2D eigenvalue weighted by Gasteiger charge is -2.10. The van der Waals surface area contributed by atoms with Crippen molar-refractivity contribution in [2.45, 2.75) is 6.42 Å². The second kappa shape index (κ2) is 9.41. The quantitative estimate of drug-likeness (QED) is 0.371. The first-order chi connectivity index (χ1) is 8.88. The minimum Gasteiger partial charge on any atom is -0.392 e. The van der Waals surface area contributed by atoms with Crippen molar-refractivity contribution < 1.29 is 9.94 Å². The van der Waals surface area contributed by atoms with Gasteiger partial charge in [-0.15, -0.1) is 0 Å². The second-order valence-corrected chi connectivity index (χ2v) is 3.64. The molecule has 0 saturated heterocycles. The van der Waals surface area contributed by atoms with E-state index in [-0.39, 0.29) is 6.61 Å². The van der Waals surface area contributed by atoms with Gasteiger partial charge in [-0.25, -0.2) is 0 Å². The Hall–Kier alpha value is -1.62. The summed E-state index contributed by atoms with van der Waals surface area (Å²) in [6.07, 6.45) is 8.24. The summed E-state index contributed by atoms with van der Waals surface area (Å²) in [4.78, 5) is 5.21. The van der Waals surface area contributed by atoms with Crippen LogP contribution in [0.25, 0.3) is 0 Å². The molecule has 98 valence electrons. The smallest absolute Gasteiger partial charge is 0.0868 e. The summed E-state index contributed by atoms with van der Waals surface area (Å²) < 4.78 is 0. The third-order valence-electron chi connectivity index (χ3n) is 2.25. The van der Waals surface area contributed by atoms with Gasteiger partial charge < -0.3 is 10.8 Å². The predicted molar refractivity (Wildman–Crippen MR) is 74.1 cm³/mol. The zero-order chi connectivity index (χ0) is 13.1. The van der Waals surface area contributed by atoms with Crippen molar-refractivity contribution in [3.8, 4) is 0 Å². The van der Waals surface area contributed by atoms with E-state index in [0.717, 1.165) is 17.7 Å². The monoisotopic (exact) mass is 248 g/mol. The van der Waals surface area contributed by atoms with Gasteiger partial charge in [-0.2, -0.15) is 0 Å². The van der Waals surface area contributed by atoms with E-state index in [1.54, 1.807) is 6.08 Å². The zero-order valence-corrected chi connectivity index (χ0v) is 10.4. The van der Waals surface area contributed by atoms with Gasteiger partial charge in [-0.05, 0) is 18.1 Å². The third kappa shape index (κ3) is 5.63. The number of aliphatic hydroxyl groups excluding tert-OH is 1. The Morgan fingerprint density at radius 1 is 1.22 bits per heavy atom. The molecule has 0 unspecified atom stereocenters. The number of hydrogen-bond donors (Lipinski definition) is 3. The van der Waals surface area contributed by atoms with Crippen LogP contribution in [-0.4, -0.2) is 24.9 Å². The highest BCUT2D eigenvalue weighted by atomic mass is 16.6. The van der Waals surface area contributed by atoms with Crippen LogP contribution in [0.5, 0.6) is 0 Å². The van der Waals surface area contributed by atoms with Crippen molar-refractivity contribution in [3.63, 3.8) is 0 Å². The molecule has 0 fully saturated rings. The Balaban J connectivity index is 2.53. The number of nitrogens with two attached hydrogens (primary N) is 1. The highest BCUT2D eigenvalue weighted by Crippen LogP contribution is 2.15. The van der Waals surface area contributed by atoms with E-state index in [2.05, 4.69) is 5.48 Å². The first kappa shape index (κ1) is 14.4. The van der Waals surface area contributed by atoms with Crippen LogP contribution in [0.15, 0.2) is 48.6 Å². The molecule has 0 amide bonds. The fourth-order valence-corrected chi connectivity index (χ4v) is 1.40. The van der Waals surface area contributed by atoms with E-state index in [1.165, 1.54) is 0 Å². The van der Waals surface area contributed by atoms with Gasteiger partial charge in [-0.3, -0.25) is 10.3 Å². The standard InChI is InChI=1S/C14H20N2O2/c15-10-12-18-16-14-9-5-4-8-13(14)7-3-1-2-6-11-17/h1-6,8-9,16-17H,7,10-12,15H2/b3-1-,6-2-. The number of hydrogen-bond acceptors (Lipinski definition) is 4. The van der Waals surface area contributed by atoms with Crippen molar-refractivity contribution in [1.82, 2.24) is 0 Å². The molecule has 4 N–H and O–H groups in total. The number of anilines is 1. The molecular formula is C14H20N2O2. The lowest BCUT2D eigenvalue weighted by atomic mass is 10.1. The maximum atomic E-state index is 8.59. The number of aliphatic hydroxyl groups is 1. The molecule has 0 saturated carbocycles. The molecule has 0 heterocycles. The molecular weight excluding hydrogens is 228 g/mol. The first-order valence-corrected chi connectivity index (χ1v) is 5.96. The molecule has 0 spiro atoms. The number of rotatable bonds is 8. The third-order valence-corrected chi connectivity index (χ3v) is 2.25. The Morgan fingerprint density at radius 2 is 2.00 bits per heavy atom. The summed E-state index contributed by atoms with van der Waals surface area (Å²) in [5.41, 5.74) is 10.3. The molecule has 0 aliphatic carbocycles. The molecule has 4 nitrogen and oxygen atoms in total. The van der Waals surface area contributed by atoms with Gasteiger partial charge in [0.25, 0.3) is 0 Å². The molecule has 1 rings (SSSR count). The van der Waals surface area contributed by atoms with Gasteiger partial charge >= 0.3 is 0 Å². The number of nitrogens with one attached hydrogen (secondary N) is 1. The minimum absolute atomic E-state index is 0.0649. The maximum absolute atomic E-state index is 8.59. The van der Waals surface area contributed by atoms with Crippen molar-refractivity contribution in [1.29, 1.82) is 0 Å². The normalized spacial score (nSPS) is 11.4. The van der Waals surface area contributed by atoms with Gasteiger partial charge in [-0.1, -0.05) is 42.5 Å².